The van der Waals surface area contributed by atoms with Crippen LogP contribution in [0.15, 0.2) is 77.6 Å². The van der Waals surface area contributed by atoms with Crippen molar-refractivity contribution in [2.75, 3.05) is 13.2 Å². The number of carbonyl (C=O) groups excluding carboxylic acids is 1. The van der Waals surface area contributed by atoms with Crippen molar-refractivity contribution in [2.45, 2.75) is 33.5 Å². The average Bonchev–Trinajstić information content (AvgIpc) is 2.94. The highest BCUT2D eigenvalue weighted by Crippen LogP contribution is 2.37. The second-order valence-corrected chi connectivity index (χ2v) is 9.42. The maximum Gasteiger partial charge on any atom is 0.407 e. The van der Waals surface area contributed by atoms with E-state index in [-0.39, 0.29) is 25.5 Å². The van der Waals surface area contributed by atoms with E-state index in [9.17, 15) is 22.8 Å². The number of halogens is 3. The number of alkyl halides is 3. The van der Waals surface area contributed by atoms with Crippen LogP contribution in [0, 0.1) is 20.4 Å². The summed E-state index contributed by atoms with van der Waals surface area (Å²) in [4.78, 5) is 27.9. The Morgan fingerprint density at radius 1 is 0.951 bits per heavy atom. The highest BCUT2D eigenvalue weighted by Gasteiger charge is 2.36. The van der Waals surface area contributed by atoms with Crippen LogP contribution in [-0.4, -0.2) is 23.8 Å². The fourth-order valence-electron chi connectivity index (χ4n) is 4.49. The quantitative estimate of drug-likeness (QED) is 0.167. The molecule has 0 spiro atoms. The van der Waals surface area contributed by atoms with Gasteiger partial charge in [-0.3, -0.25) is 4.79 Å². The van der Waals surface area contributed by atoms with E-state index < -0.39 is 29.0 Å². The zero-order valence-corrected chi connectivity index (χ0v) is 22.7. The molecule has 4 aromatic rings. The van der Waals surface area contributed by atoms with Crippen molar-refractivity contribution < 1.29 is 27.4 Å². The van der Waals surface area contributed by atoms with Crippen LogP contribution in [-0.2, 0) is 22.3 Å². The van der Waals surface area contributed by atoms with Crippen molar-refractivity contribution >= 4 is 11.7 Å². The number of rotatable bonds is 8. The fraction of sp³-hybridized carbons (Fsp3) is 0.219. The first-order chi connectivity index (χ1) is 19.5. The number of esters is 1. The number of nitrogens with zero attached hydrogens (tertiary/aromatic N) is 2. The molecule has 4 rings (SSSR count). The maximum absolute atomic E-state index is 13.9. The molecule has 0 N–H and O–H groups in total. The average molecular weight is 561 g/mol. The normalized spacial score (nSPS) is 11.1. The van der Waals surface area contributed by atoms with E-state index in [1.165, 1.54) is 4.57 Å². The molecule has 1 heterocycles. The van der Waals surface area contributed by atoms with E-state index in [1.54, 1.807) is 49.4 Å². The molecule has 0 saturated carbocycles. The van der Waals surface area contributed by atoms with Gasteiger partial charge in [0.1, 0.15) is 5.75 Å². The zero-order valence-electron chi connectivity index (χ0n) is 22.7. The lowest BCUT2D eigenvalue weighted by Gasteiger charge is -2.19. The smallest absolute Gasteiger partial charge is 0.407 e. The zero-order chi connectivity index (χ0) is 29.7. The van der Waals surface area contributed by atoms with Crippen LogP contribution in [0.5, 0.6) is 5.75 Å². The van der Waals surface area contributed by atoms with Crippen molar-refractivity contribution in [3.8, 4) is 28.1 Å². The van der Waals surface area contributed by atoms with Crippen LogP contribution in [0.2, 0.25) is 0 Å². The van der Waals surface area contributed by atoms with Crippen LogP contribution >= 0.6 is 0 Å². The lowest BCUT2D eigenvalue weighted by molar-refractivity contribution is -0.145. The third-order valence-corrected chi connectivity index (χ3v) is 6.53. The SMILES string of the molecule is [C-]#[N+]c1c(C(F)(F)F)cc(-c2ccc(-c3cccc(OCC(=O)OCC)c3)cc2)n(Cc2ccc(C)cc2C)c1=O. The standard InChI is InChI=1S/C32H27F3N2O4/c1-5-40-29(38)19-41-26-8-6-7-24(16-26)22-11-13-23(14-12-22)28-17-27(32(33,34)35)30(36-4)31(39)37(28)18-25-10-9-20(2)15-21(25)3/h6-17H,5,18-19H2,1-3H3. The Bertz CT molecular complexity index is 1680. The molecular weight excluding hydrogens is 533 g/mol. The molecule has 9 heteroatoms. The number of aromatic nitrogens is 1. The van der Waals surface area contributed by atoms with Gasteiger partial charge in [0, 0.05) is 5.69 Å². The van der Waals surface area contributed by atoms with Crippen LogP contribution in [0.4, 0.5) is 18.9 Å². The van der Waals surface area contributed by atoms with Gasteiger partial charge in [-0.25, -0.2) is 9.64 Å². The number of pyridine rings is 1. The Labute approximate surface area is 235 Å². The first kappa shape index (κ1) is 29.2. The Morgan fingerprint density at radius 3 is 2.29 bits per heavy atom. The summed E-state index contributed by atoms with van der Waals surface area (Å²) >= 11 is 0. The summed E-state index contributed by atoms with van der Waals surface area (Å²) in [6, 6.07) is 20.2. The summed E-state index contributed by atoms with van der Waals surface area (Å²) in [7, 11) is 0. The number of carbonyl (C=O) groups is 1. The monoisotopic (exact) mass is 560 g/mol. The Morgan fingerprint density at radius 2 is 1.66 bits per heavy atom. The topological polar surface area (TPSA) is 61.9 Å². The molecule has 0 aliphatic heterocycles. The molecule has 210 valence electrons. The van der Waals surface area contributed by atoms with Crippen LogP contribution in [0.1, 0.15) is 29.2 Å². The molecule has 0 radical (unpaired) electrons. The molecule has 6 nitrogen and oxygen atoms in total. The second-order valence-electron chi connectivity index (χ2n) is 9.42. The maximum atomic E-state index is 13.9. The van der Waals surface area contributed by atoms with E-state index in [4.69, 9.17) is 16.0 Å². The molecule has 0 saturated heterocycles. The van der Waals surface area contributed by atoms with Crippen molar-refractivity contribution in [1.29, 1.82) is 0 Å². The van der Waals surface area contributed by atoms with Gasteiger partial charge >= 0.3 is 12.1 Å². The van der Waals surface area contributed by atoms with Gasteiger partial charge in [0.05, 0.1) is 25.3 Å². The van der Waals surface area contributed by atoms with Gasteiger partial charge in [0.25, 0.3) is 11.2 Å². The summed E-state index contributed by atoms with van der Waals surface area (Å²) in [5.74, 6) is -0.0388. The Kier molecular flexibility index (Phi) is 8.62. The van der Waals surface area contributed by atoms with Gasteiger partial charge < -0.3 is 14.0 Å². The first-order valence-electron chi connectivity index (χ1n) is 12.8. The summed E-state index contributed by atoms with van der Waals surface area (Å²) in [6.07, 6.45) is -4.88. The molecule has 41 heavy (non-hydrogen) atoms. The number of aryl methyl sites for hydroxylation is 2. The minimum atomic E-state index is -4.88. The lowest BCUT2D eigenvalue weighted by atomic mass is 10.0. The first-order valence-corrected chi connectivity index (χ1v) is 12.8. The Hall–Kier alpha value is -4.84. The lowest BCUT2D eigenvalue weighted by Crippen LogP contribution is -2.25. The van der Waals surface area contributed by atoms with Crippen molar-refractivity contribution in [1.82, 2.24) is 4.57 Å². The van der Waals surface area contributed by atoms with E-state index in [1.807, 2.05) is 38.1 Å². The van der Waals surface area contributed by atoms with Crippen molar-refractivity contribution in [3.63, 3.8) is 0 Å². The van der Waals surface area contributed by atoms with E-state index >= 15 is 0 Å². The van der Waals surface area contributed by atoms with Gasteiger partial charge in [-0.05, 0) is 66.8 Å². The number of hydrogen-bond acceptors (Lipinski definition) is 4. The predicted octanol–water partition coefficient (Wildman–Crippen LogP) is 7.36. The van der Waals surface area contributed by atoms with Crippen LogP contribution in [0.3, 0.4) is 0 Å². The molecule has 3 aromatic carbocycles. The molecule has 0 fully saturated rings. The van der Waals surface area contributed by atoms with Gasteiger partial charge in [0.15, 0.2) is 6.61 Å². The van der Waals surface area contributed by atoms with Gasteiger partial charge in [0.2, 0.25) is 0 Å². The molecule has 1 aromatic heterocycles. The predicted molar refractivity (Wildman–Crippen MR) is 150 cm³/mol. The minimum Gasteiger partial charge on any atom is -0.482 e. The molecule has 0 aliphatic rings. The van der Waals surface area contributed by atoms with Crippen LogP contribution < -0.4 is 10.3 Å². The third-order valence-electron chi connectivity index (χ3n) is 6.53. The van der Waals surface area contributed by atoms with E-state index in [0.717, 1.165) is 33.9 Å². The summed E-state index contributed by atoms with van der Waals surface area (Å²) in [6.45, 7) is 12.8. The Balaban J connectivity index is 1.76. The van der Waals surface area contributed by atoms with Gasteiger partial charge in [-0.1, -0.05) is 60.2 Å². The van der Waals surface area contributed by atoms with Gasteiger partial charge in [-0.15, -0.1) is 0 Å². The molecule has 0 aliphatic carbocycles. The van der Waals surface area contributed by atoms with Crippen molar-refractivity contribution in [2.24, 2.45) is 0 Å². The van der Waals surface area contributed by atoms with E-state index in [2.05, 4.69) is 4.85 Å². The number of ether oxygens (including phenoxy) is 2. The molecular formula is C32H27F3N2O4. The third kappa shape index (κ3) is 6.67. The molecule has 0 bridgehead atoms. The summed E-state index contributed by atoms with van der Waals surface area (Å²) in [5, 5.41) is 0. The molecule has 0 atom stereocenters. The summed E-state index contributed by atoms with van der Waals surface area (Å²) < 4.78 is 53.4. The van der Waals surface area contributed by atoms with Gasteiger partial charge in [-0.2, -0.15) is 13.2 Å². The van der Waals surface area contributed by atoms with Crippen molar-refractivity contribution in [3.05, 3.63) is 117 Å². The second kappa shape index (κ2) is 12.1. The minimum absolute atomic E-state index is 0.00252. The summed E-state index contributed by atoms with van der Waals surface area (Å²) in [5.41, 5.74) is 1.36. The largest absolute Gasteiger partial charge is 0.482 e. The fourth-order valence-corrected chi connectivity index (χ4v) is 4.49. The number of hydrogen-bond donors (Lipinski definition) is 0. The highest BCUT2D eigenvalue weighted by molar-refractivity contribution is 5.73. The molecule has 0 amide bonds. The van der Waals surface area contributed by atoms with E-state index in [0.29, 0.717) is 11.3 Å². The van der Waals surface area contributed by atoms with Crippen LogP contribution in [0.25, 0.3) is 27.2 Å². The molecule has 0 unspecified atom stereocenters. The number of benzene rings is 3. The highest BCUT2D eigenvalue weighted by atomic mass is 19.4.